The first-order valence-corrected chi connectivity index (χ1v) is 14.3. The van der Waals surface area contributed by atoms with Gasteiger partial charge in [0.1, 0.15) is 0 Å². The van der Waals surface area contributed by atoms with Crippen molar-refractivity contribution in [2.75, 3.05) is 5.32 Å². The van der Waals surface area contributed by atoms with Crippen LogP contribution in [0.3, 0.4) is 0 Å². The molecule has 47 heavy (non-hydrogen) atoms. The van der Waals surface area contributed by atoms with Gasteiger partial charge >= 0.3 is 17.9 Å². The molecule has 0 fully saturated rings. The van der Waals surface area contributed by atoms with Crippen LogP contribution in [0.15, 0.2) is 97.1 Å². The van der Waals surface area contributed by atoms with Crippen molar-refractivity contribution in [3.05, 3.63) is 136 Å². The average molecular weight is 638 g/mol. The summed E-state index contributed by atoms with van der Waals surface area (Å²) in [6.45, 7) is 5.47. The van der Waals surface area contributed by atoms with Crippen molar-refractivity contribution in [2.45, 2.75) is 33.0 Å². The Bertz CT molecular complexity index is 1780. The third-order valence-corrected chi connectivity index (χ3v) is 6.84. The highest BCUT2D eigenvalue weighted by molar-refractivity contribution is 6.05. The Morgan fingerprint density at radius 3 is 1.34 bits per heavy atom. The molecule has 3 amide bonds. The summed E-state index contributed by atoms with van der Waals surface area (Å²) in [5.74, 6) is -6.39. The highest BCUT2D eigenvalue weighted by Crippen LogP contribution is 2.16. The van der Waals surface area contributed by atoms with Crippen LogP contribution in [-0.2, 0) is 19.1 Å². The highest BCUT2D eigenvalue weighted by Gasteiger charge is 2.41. The first kappa shape index (κ1) is 33.6. The Labute approximate surface area is 269 Å². The summed E-state index contributed by atoms with van der Waals surface area (Å²) in [5, 5.41) is 12.6. The molecule has 4 N–H and O–H groups in total. The molecule has 2 atom stereocenters. The first-order chi connectivity index (χ1) is 22.4. The molecule has 0 heterocycles. The molecule has 0 saturated heterocycles. The highest BCUT2D eigenvalue weighted by atomic mass is 16.6. The van der Waals surface area contributed by atoms with Gasteiger partial charge in [0.15, 0.2) is 0 Å². The molecule has 0 bridgehead atoms. The molecule has 4 aromatic rings. The lowest BCUT2D eigenvalue weighted by molar-refractivity contribution is -0.159. The Morgan fingerprint density at radius 1 is 0.511 bits per heavy atom. The number of carboxylic acid groups (broad SMARTS) is 1. The van der Waals surface area contributed by atoms with Gasteiger partial charge in [-0.3, -0.25) is 25.2 Å². The standard InChI is InChI=1S/C35H31N3O9/c1-20-4-10-23(11-5-20)30(39)36-27-18-16-24(17-19-27)31(40)37-38-32(41)28(46-34(44)25-12-6-21(2)7-13-25)29(33(42)43)47-35(45)26-14-8-22(3)9-15-26/h4-19,28-29H,1-3H3,(H,36,39)(H,37,40)(H,38,41)(H,42,43)/t28-,29+/m1/s1. The number of ether oxygens (including phenoxy) is 2. The van der Waals surface area contributed by atoms with Gasteiger partial charge in [0.05, 0.1) is 11.1 Å². The van der Waals surface area contributed by atoms with E-state index in [1.807, 2.05) is 12.3 Å². The number of anilines is 1. The third-order valence-electron chi connectivity index (χ3n) is 6.84. The number of aliphatic carboxylic acids is 1. The lowest BCUT2D eigenvalue weighted by atomic mass is 10.1. The number of amides is 3. The van der Waals surface area contributed by atoms with Crippen molar-refractivity contribution < 1.29 is 43.3 Å². The van der Waals surface area contributed by atoms with Crippen molar-refractivity contribution in [1.29, 1.82) is 0 Å². The summed E-state index contributed by atoms with van der Waals surface area (Å²) in [4.78, 5) is 76.4. The van der Waals surface area contributed by atoms with Crippen LogP contribution in [0.25, 0.3) is 0 Å². The number of carbonyl (C=O) groups excluding carboxylic acids is 5. The maximum Gasteiger partial charge on any atom is 0.349 e. The molecule has 0 radical (unpaired) electrons. The number of aryl methyl sites for hydroxylation is 3. The number of carboxylic acids is 1. The van der Waals surface area contributed by atoms with E-state index in [2.05, 4.69) is 10.7 Å². The van der Waals surface area contributed by atoms with Gasteiger partial charge in [-0.15, -0.1) is 0 Å². The summed E-state index contributed by atoms with van der Waals surface area (Å²) in [6, 6.07) is 24.7. The largest absolute Gasteiger partial charge is 0.478 e. The van der Waals surface area contributed by atoms with Crippen LogP contribution in [0.4, 0.5) is 5.69 Å². The van der Waals surface area contributed by atoms with E-state index in [-0.39, 0.29) is 22.6 Å². The molecule has 0 aromatic heterocycles. The van der Waals surface area contributed by atoms with E-state index >= 15 is 0 Å². The maximum absolute atomic E-state index is 13.2. The average Bonchev–Trinajstić information content (AvgIpc) is 3.06. The minimum atomic E-state index is -2.29. The summed E-state index contributed by atoms with van der Waals surface area (Å²) in [6.07, 6.45) is -4.50. The molecule has 4 rings (SSSR count). The molecule has 0 aliphatic heterocycles. The number of carbonyl (C=O) groups is 6. The molecule has 240 valence electrons. The summed E-state index contributed by atoms with van der Waals surface area (Å²) in [5.41, 5.74) is 7.73. The lowest BCUT2D eigenvalue weighted by Gasteiger charge is -2.23. The zero-order valence-electron chi connectivity index (χ0n) is 25.6. The number of hydrazine groups is 1. The zero-order valence-corrected chi connectivity index (χ0v) is 25.6. The van der Waals surface area contributed by atoms with Gasteiger partial charge in [-0.1, -0.05) is 53.1 Å². The van der Waals surface area contributed by atoms with Gasteiger partial charge in [0.25, 0.3) is 17.7 Å². The van der Waals surface area contributed by atoms with E-state index in [4.69, 9.17) is 9.47 Å². The predicted molar refractivity (Wildman–Crippen MR) is 170 cm³/mol. The van der Waals surface area contributed by atoms with Gasteiger partial charge in [0, 0.05) is 16.8 Å². The second-order valence-electron chi connectivity index (χ2n) is 10.6. The van der Waals surface area contributed by atoms with Gasteiger partial charge in [-0.25, -0.2) is 14.4 Å². The van der Waals surface area contributed by atoms with E-state index < -0.39 is 41.9 Å². The maximum atomic E-state index is 13.2. The monoisotopic (exact) mass is 637 g/mol. The van der Waals surface area contributed by atoms with Crippen molar-refractivity contribution in [1.82, 2.24) is 10.9 Å². The van der Waals surface area contributed by atoms with Crippen molar-refractivity contribution in [2.24, 2.45) is 0 Å². The summed E-state index contributed by atoms with van der Waals surface area (Å²) in [7, 11) is 0. The number of rotatable bonds is 10. The molecule has 12 nitrogen and oxygen atoms in total. The van der Waals surface area contributed by atoms with Crippen LogP contribution in [0.1, 0.15) is 58.1 Å². The molecule has 0 saturated carbocycles. The first-order valence-electron chi connectivity index (χ1n) is 14.3. The fraction of sp³-hybridized carbons (Fsp3) is 0.143. The number of nitrogens with one attached hydrogen (secondary N) is 3. The molecule has 0 spiro atoms. The SMILES string of the molecule is Cc1ccc(C(=O)Nc2ccc(C(=O)NNC(=O)[C@H](OC(=O)c3ccc(C)cc3)[C@H](OC(=O)c3ccc(C)cc3)C(=O)O)cc2)cc1. The van der Waals surface area contributed by atoms with Crippen LogP contribution < -0.4 is 16.2 Å². The number of hydrogen-bond acceptors (Lipinski definition) is 8. The Kier molecular flexibility index (Phi) is 10.8. The molecular formula is C35H31N3O9. The van der Waals surface area contributed by atoms with E-state index in [0.717, 1.165) is 16.7 Å². The van der Waals surface area contributed by atoms with Crippen LogP contribution in [0.2, 0.25) is 0 Å². The van der Waals surface area contributed by atoms with Crippen molar-refractivity contribution in [3.8, 4) is 0 Å². The number of benzene rings is 4. The van der Waals surface area contributed by atoms with E-state index in [0.29, 0.717) is 11.3 Å². The summed E-state index contributed by atoms with van der Waals surface area (Å²) >= 11 is 0. The Morgan fingerprint density at radius 2 is 0.894 bits per heavy atom. The van der Waals surface area contributed by atoms with E-state index in [1.165, 1.54) is 48.5 Å². The topological polar surface area (TPSA) is 177 Å². The molecular weight excluding hydrogens is 606 g/mol. The second kappa shape index (κ2) is 15.1. The van der Waals surface area contributed by atoms with Gasteiger partial charge < -0.3 is 19.9 Å². The van der Waals surface area contributed by atoms with Gasteiger partial charge in [0.2, 0.25) is 12.2 Å². The Hall–Kier alpha value is -6.30. The lowest BCUT2D eigenvalue weighted by Crippen LogP contribution is -2.54. The Balaban J connectivity index is 1.47. The van der Waals surface area contributed by atoms with E-state index in [1.54, 1.807) is 62.4 Å². The number of esters is 2. The minimum absolute atomic E-state index is 0.000921. The molecule has 12 heteroatoms. The predicted octanol–water partition coefficient (Wildman–Crippen LogP) is 4.16. The molecule has 0 aliphatic rings. The molecule has 4 aromatic carbocycles. The summed E-state index contributed by atoms with van der Waals surface area (Å²) < 4.78 is 10.4. The second-order valence-corrected chi connectivity index (χ2v) is 10.6. The fourth-order valence-electron chi connectivity index (χ4n) is 4.12. The quantitative estimate of drug-likeness (QED) is 0.147. The van der Waals surface area contributed by atoms with Crippen LogP contribution in [0.5, 0.6) is 0 Å². The fourth-order valence-corrected chi connectivity index (χ4v) is 4.12. The number of hydrogen-bond donors (Lipinski definition) is 4. The van der Waals surface area contributed by atoms with Gasteiger partial charge in [-0.05, 0) is 81.4 Å². The van der Waals surface area contributed by atoms with Crippen LogP contribution in [-0.4, -0.2) is 52.9 Å². The molecule has 0 unspecified atom stereocenters. The third kappa shape index (κ3) is 9.11. The molecule has 0 aliphatic carbocycles. The normalized spacial score (nSPS) is 11.7. The smallest absolute Gasteiger partial charge is 0.349 e. The van der Waals surface area contributed by atoms with Crippen molar-refractivity contribution in [3.63, 3.8) is 0 Å². The zero-order chi connectivity index (χ0) is 34.1. The minimum Gasteiger partial charge on any atom is -0.478 e. The van der Waals surface area contributed by atoms with Crippen LogP contribution >= 0.6 is 0 Å². The van der Waals surface area contributed by atoms with Crippen molar-refractivity contribution >= 4 is 41.3 Å². The van der Waals surface area contributed by atoms with E-state index in [9.17, 15) is 33.9 Å². The van der Waals surface area contributed by atoms with Gasteiger partial charge in [-0.2, -0.15) is 0 Å². The van der Waals surface area contributed by atoms with Crippen LogP contribution in [0, 0.1) is 20.8 Å².